The van der Waals surface area contributed by atoms with Crippen LogP contribution in [0.5, 0.6) is 0 Å². The van der Waals surface area contributed by atoms with Crippen molar-refractivity contribution >= 4 is 30.7 Å². The summed E-state index contributed by atoms with van der Waals surface area (Å²) in [6.45, 7) is 6.39. The lowest BCUT2D eigenvalue weighted by molar-refractivity contribution is -0.125. The molecule has 3 rings (SSSR count). The molecule has 2 aliphatic heterocycles. The molecule has 1 aromatic rings. The Hall–Kier alpha value is -0.810. The van der Waals surface area contributed by atoms with E-state index in [0.717, 1.165) is 44.8 Å². The first-order valence-electron chi connectivity index (χ1n) is 10.6. The predicted molar refractivity (Wildman–Crippen MR) is 122 cm³/mol. The average molecular weight is 430 g/mol. The summed E-state index contributed by atoms with van der Waals surface area (Å²) in [6.07, 6.45) is 8.31. The first-order valence-corrected chi connectivity index (χ1v) is 10.6. The van der Waals surface area contributed by atoms with Crippen molar-refractivity contribution in [2.75, 3.05) is 39.3 Å². The summed E-state index contributed by atoms with van der Waals surface area (Å²) in [5.41, 5.74) is 1.48. The Labute approximate surface area is 183 Å². The van der Waals surface area contributed by atoms with Crippen LogP contribution in [-0.4, -0.2) is 50.1 Å². The van der Waals surface area contributed by atoms with Crippen molar-refractivity contribution in [3.8, 4) is 0 Å². The molecule has 2 aliphatic rings. The van der Waals surface area contributed by atoms with Crippen LogP contribution in [0.25, 0.3) is 0 Å². The maximum Gasteiger partial charge on any atom is 0.224 e. The summed E-state index contributed by atoms with van der Waals surface area (Å²) >= 11 is 0. The number of rotatable bonds is 8. The van der Waals surface area contributed by atoms with Gasteiger partial charge in [-0.25, -0.2) is 0 Å². The number of likely N-dealkylation sites (tertiary alicyclic amines) is 1. The molecule has 1 aromatic carbocycles. The lowest BCUT2D eigenvalue weighted by Gasteiger charge is -2.32. The molecule has 2 saturated heterocycles. The van der Waals surface area contributed by atoms with Gasteiger partial charge in [0, 0.05) is 13.1 Å². The average Bonchev–Trinajstić information content (AvgIpc) is 2.70. The molecule has 2 N–H and O–H groups in total. The Bertz CT molecular complexity index is 530. The number of nitrogens with one attached hydrogen (secondary N) is 2. The second-order valence-electron chi connectivity index (χ2n) is 8.02. The van der Waals surface area contributed by atoms with Gasteiger partial charge in [0.25, 0.3) is 0 Å². The minimum atomic E-state index is 0. The van der Waals surface area contributed by atoms with E-state index in [1.165, 1.54) is 50.9 Å². The van der Waals surface area contributed by atoms with E-state index in [0.29, 0.717) is 0 Å². The van der Waals surface area contributed by atoms with Crippen LogP contribution in [-0.2, 0) is 11.2 Å². The molecule has 1 unspecified atom stereocenters. The molecule has 160 valence electrons. The van der Waals surface area contributed by atoms with E-state index in [1.807, 2.05) is 0 Å². The van der Waals surface area contributed by atoms with Gasteiger partial charge in [-0.15, -0.1) is 24.8 Å². The predicted octanol–water partition coefficient (Wildman–Crippen LogP) is 3.68. The van der Waals surface area contributed by atoms with Gasteiger partial charge in [-0.05, 0) is 82.6 Å². The van der Waals surface area contributed by atoms with E-state index >= 15 is 0 Å². The second kappa shape index (κ2) is 14.2. The Kier molecular flexibility index (Phi) is 12.8. The van der Waals surface area contributed by atoms with Crippen LogP contribution >= 0.6 is 24.8 Å². The van der Waals surface area contributed by atoms with Gasteiger partial charge in [-0.2, -0.15) is 0 Å². The van der Waals surface area contributed by atoms with Gasteiger partial charge in [-0.1, -0.05) is 30.3 Å². The normalized spacial score (nSPS) is 20.6. The van der Waals surface area contributed by atoms with Crippen molar-refractivity contribution in [2.45, 2.75) is 44.9 Å². The SMILES string of the molecule is Cl.Cl.O=C(NCCCCN1CCC(Cc2ccccc2)CC1)C1CCCNC1. The molecule has 2 fully saturated rings. The number of unbranched alkanes of at least 4 members (excludes halogenated alkanes) is 1. The third kappa shape index (κ3) is 8.69. The first-order chi connectivity index (χ1) is 12.8. The van der Waals surface area contributed by atoms with Gasteiger partial charge < -0.3 is 15.5 Å². The number of carbonyl (C=O) groups excluding carboxylic acids is 1. The number of carbonyl (C=O) groups is 1. The minimum Gasteiger partial charge on any atom is -0.356 e. The topological polar surface area (TPSA) is 44.4 Å². The zero-order valence-electron chi connectivity index (χ0n) is 16.9. The number of hydrogen-bond donors (Lipinski definition) is 2. The standard InChI is InChI=1S/C22H35N3O.2ClH/c26-22(21-9-6-12-23-18-21)24-13-4-5-14-25-15-10-20(11-16-25)17-19-7-2-1-3-8-19;;/h1-3,7-8,20-21,23H,4-6,9-18H2,(H,24,26);2*1H. The number of amides is 1. The summed E-state index contributed by atoms with van der Waals surface area (Å²) in [4.78, 5) is 14.7. The van der Waals surface area contributed by atoms with Crippen molar-refractivity contribution in [3.05, 3.63) is 35.9 Å². The van der Waals surface area contributed by atoms with E-state index in [1.54, 1.807) is 0 Å². The van der Waals surface area contributed by atoms with Crippen LogP contribution in [0.2, 0.25) is 0 Å². The fourth-order valence-electron chi connectivity index (χ4n) is 4.25. The van der Waals surface area contributed by atoms with Crippen LogP contribution in [0.15, 0.2) is 30.3 Å². The molecule has 0 aromatic heterocycles. The van der Waals surface area contributed by atoms with Crippen molar-refractivity contribution in [2.24, 2.45) is 11.8 Å². The van der Waals surface area contributed by atoms with Gasteiger partial charge in [0.1, 0.15) is 0 Å². The Morgan fingerprint density at radius 1 is 1.07 bits per heavy atom. The molecule has 0 radical (unpaired) electrons. The van der Waals surface area contributed by atoms with E-state index in [4.69, 9.17) is 0 Å². The molecule has 0 saturated carbocycles. The number of halogens is 2. The van der Waals surface area contributed by atoms with Crippen LogP contribution in [0.1, 0.15) is 44.1 Å². The highest BCUT2D eigenvalue weighted by Crippen LogP contribution is 2.21. The van der Waals surface area contributed by atoms with E-state index < -0.39 is 0 Å². The largest absolute Gasteiger partial charge is 0.356 e. The Morgan fingerprint density at radius 2 is 1.82 bits per heavy atom. The van der Waals surface area contributed by atoms with Gasteiger partial charge in [-0.3, -0.25) is 4.79 Å². The molecule has 1 atom stereocenters. The third-order valence-corrected chi connectivity index (χ3v) is 5.94. The van der Waals surface area contributed by atoms with E-state index in [9.17, 15) is 4.79 Å². The molecule has 0 spiro atoms. The fraction of sp³-hybridized carbons (Fsp3) is 0.682. The highest BCUT2D eigenvalue weighted by Gasteiger charge is 2.21. The van der Waals surface area contributed by atoms with Crippen molar-refractivity contribution in [3.63, 3.8) is 0 Å². The third-order valence-electron chi connectivity index (χ3n) is 5.94. The number of piperidine rings is 2. The maximum atomic E-state index is 12.1. The summed E-state index contributed by atoms with van der Waals surface area (Å²) < 4.78 is 0. The van der Waals surface area contributed by atoms with Crippen LogP contribution in [0.4, 0.5) is 0 Å². The van der Waals surface area contributed by atoms with E-state index in [2.05, 4.69) is 45.9 Å². The van der Waals surface area contributed by atoms with Gasteiger partial charge in [0.2, 0.25) is 5.91 Å². The molecule has 4 nitrogen and oxygen atoms in total. The summed E-state index contributed by atoms with van der Waals surface area (Å²) in [7, 11) is 0. The lowest BCUT2D eigenvalue weighted by atomic mass is 9.90. The second-order valence-corrected chi connectivity index (χ2v) is 8.02. The van der Waals surface area contributed by atoms with Gasteiger partial charge in [0.15, 0.2) is 0 Å². The molecule has 2 heterocycles. The monoisotopic (exact) mass is 429 g/mol. The van der Waals surface area contributed by atoms with Crippen LogP contribution < -0.4 is 10.6 Å². The van der Waals surface area contributed by atoms with Crippen LogP contribution in [0, 0.1) is 11.8 Å². The highest BCUT2D eigenvalue weighted by atomic mass is 35.5. The molecule has 28 heavy (non-hydrogen) atoms. The Morgan fingerprint density at radius 3 is 2.50 bits per heavy atom. The molecular formula is C22H37Cl2N3O. The number of nitrogens with zero attached hydrogens (tertiary/aromatic N) is 1. The van der Waals surface area contributed by atoms with Crippen molar-refractivity contribution in [1.29, 1.82) is 0 Å². The lowest BCUT2D eigenvalue weighted by Crippen LogP contribution is -2.41. The van der Waals surface area contributed by atoms with E-state index in [-0.39, 0.29) is 36.6 Å². The van der Waals surface area contributed by atoms with Gasteiger partial charge >= 0.3 is 0 Å². The van der Waals surface area contributed by atoms with Gasteiger partial charge in [0.05, 0.1) is 5.92 Å². The Balaban J connectivity index is 0.00000196. The molecule has 0 bridgehead atoms. The first kappa shape index (κ1) is 25.2. The molecular weight excluding hydrogens is 393 g/mol. The summed E-state index contributed by atoms with van der Waals surface area (Å²) in [6, 6.07) is 10.9. The number of benzene rings is 1. The summed E-state index contributed by atoms with van der Waals surface area (Å²) in [5, 5.41) is 6.44. The van der Waals surface area contributed by atoms with Crippen molar-refractivity contribution < 1.29 is 4.79 Å². The molecule has 0 aliphatic carbocycles. The van der Waals surface area contributed by atoms with Crippen molar-refractivity contribution in [1.82, 2.24) is 15.5 Å². The molecule has 1 amide bonds. The maximum absolute atomic E-state index is 12.1. The summed E-state index contributed by atoms with van der Waals surface area (Å²) in [5.74, 6) is 1.28. The smallest absolute Gasteiger partial charge is 0.224 e. The zero-order valence-corrected chi connectivity index (χ0v) is 18.5. The quantitative estimate of drug-likeness (QED) is 0.619. The molecule has 6 heteroatoms. The van der Waals surface area contributed by atoms with Crippen LogP contribution in [0.3, 0.4) is 0 Å². The zero-order chi connectivity index (χ0) is 18.0. The highest BCUT2D eigenvalue weighted by molar-refractivity contribution is 5.85. The minimum absolute atomic E-state index is 0. The number of hydrogen-bond acceptors (Lipinski definition) is 3. The fourth-order valence-corrected chi connectivity index (χ4v) is 4.25.